The highest BCUT2D eigenvalue weighted by molar-refractivity contribution is 7.81. The molecule has 0 radical (unpaired) electrons. The van der Waals surface area contributed by atoms with Gasteiger partial charge in [-0.15, -0.1) is 0 Å². The van der Waals surface area contributed by atoms with Gasteiger partial charge in [0.05, 0.1) is 0 Å². The third kappa shape index (κ3) is 2.51. The van der Waals surface area contributed by atoms with E-state index >= 15 is 0 Å². The maximum absolute atomic E-state index is 8.96. The highest BCUT2D eigenvalue weighted by Gasteiger charge is 2.27. The maximum atomic E-state index is 8.96. The summed E-state index contributed by atoms with van der Waals surface area (Å²) in [6.07, 6.45) is 0. The smallest absolute Gasteiger partial charge is 0.0492 e. The molecule has 0 spiro atoms. The number of hydrogen-bond acceptors (Lipinski definition) is 2. The van der Waals surface area contributed by atoms with Crippen LogP contribution in [-0.2, 0) is 0 Å². The van der Waals surface area contributed by atoms with Gasteiger partial charge in [-0.1, -0.05) is 27.7 Å². The van der Waals surface area contributed by atoms with Gasteiger partial charge in [0.25, 0.3) is 0 Å². The molecule has 0 saturated carbocycles. The fraction of sp³-hybridized carbons (Fsp3) is 1.00. The standard InChI is InChI=1S/C8H18OS/c1-6(2)7(10)8(3,4)5-9/h6-7,9-10H,5H2,1-4H3. The summed E-state index contributed by atoms with van der Waals surface area (Å²) in [5.74, 6) is 0.519. The topological polar surface area (TPSA) is 20.2 Å². The highest BCUT2D eigenvalue weighted by Crippen LogP contribution is 2.29. The Balaban J connectivity index is 4.03. The van der Waals surface area contributed by atoms with Crippen molar-refractivity contribution in [3.63, 3.8) is 0 Å². The van der Waals surface area contributed by atoms with Gasteiger partial charge < -0.3 is 5.11 Å². The molecule has 0 aliphatic rings. The quantitative estimate of drug-likeness (QED) is 0.608. The van der Waals surface area contributed by atoms with E-state index in [2.05, 4.69) is 26.5 Å². The van der Waals surface area contributed by atoms with E-state index in [4.69, 9.17) is 5.11 Å². The van der Waals surface area contributed by atoms with Crippen LogP contribution in [0.2, 0.25) is 0 Å². The van der Waals surface area contributed by atoms with Crippen LogP contribution in [0.15, 0.2) is 0 Å². The van der Waals surface area contributed by atoms with Crippen LogP contribution in [0, 0.1) is 11.3 Å². The second kappa shape index (κ2) is 3.63. The van der Waals surface area contributed by atoms with Crippen molar-refractivity contribution in [1.82, 2.24) is 0 Å². The van der Waals surface area contributed by atoms with Gasteiger partial charge in [-0.3, -0.25) is 0 Å². The summed E-state index contributed by atoms with van der Waals surface area (Å²) in [6.45, 7) is 8.51. The fourth-order valence-electron chi connectivity index (χ4n) is 0.996. The molecule has 0 saturated heterocycles. The van der Waals surface area contributed by atoms with E-state index in [0.717, 1.165) is 0 Å². The molecule has 1 unspecified atom stereocenters. The Morgan fingerprint density at radius 2 is 1.80 bits per heavy atom. The summed E-state index contributed by atoms with van der Waals surface area (Å²) in [4.78, 5) is 0. The molecule has 62 valence electrons. The number of thiol groups is 1. The van der Waals surface area contributed by atoms with E-state index < -0.39 is 0 Å². The first kappa shape index (κ1) is 10.3. The molecule has 0 fully saturated rings. The first-order chi connectivity index (χ1) is 4.41. The zero-order valence-corrected chi connectivity index (χ0v) is 8.15. The predicted octanol–water partition coefficient (Wildman–Crippen LogP) is 1.96. The second-order valence-electron chi connectivity index (χ2n) is 3.84. The molecule has 10 heavy (non-hydrogen) atoms. The third-order valence-corrected chi connectivity index (χ3v) is 3.13. The van der Waals surface area contributed by atoms with Gasteiger partial charge in [0.2, 0.25) is 0 Å². The maximum Gasteiger partial charge on any atom is 0.0492 e. The number of aliphatic hydroxyl groups excluding tert-OH is 1. The van der Waals surface area contributed by atoms with Gasteiger partial charge >= 0.3 is 0 Å². The van der Waals surface area contributed by atoms with Crippen LogP contribution in [0.3, 0.4) is 0 Å². The number of aliphatic hydroxyl groups is 1. The first-order valence-electron chi connectivity index (χ1n) is 3.70. The Labute approximate surface area is 69.2 Å². The highest BCUT2D eigenvalue weighted by atomic mass is 32.1. The van der Waals surface area contributed by atoms with Crippen LogP contribution < -0.4 is 0 Å². The molecule has 0 heterocycles. The fourth-order valence-corrected chi connectivity index (χ4v) is 1.08. The van der Waals surface area contributed by atoms with Crippen molar-refractivity contribution in [3.8, 4) is 0 Å². The van der Waals surface area contributed by atoms with Crippen LogP contribution in [0.25, 0.3) is 0 Å². The lowest BCUT2D eigenvalue weighted by Crippen LogP contribution is -2.32. The molecule has 0 aliphatic heterocycles. The average molecular weight is 162 g/mol. The Hall–Kier alpha value is 0.310. The number of rotatable bonds is 3. The van der Waals surface area contributed by atoms with E-state index in [1.165, 1.54) is 0 Å². The minimum atomic E-state index is -0.0583. The predicted molar refractivity (Wildman–Crippen MR) is 48.5 cm³/mol. The summed E-state index contributed by atoms with van der Waals surface area (Å²) in [5, 5.41) is 9.24. The normalized spacial score (nSPS) is 15.9. The van der Waals surface area contributed by atoms with Crippen molar-refractivity contribution in [2.75, 3.05) is 6.61 Å². The van der Waals surface area contributed by atoms with Crippen LogP contribution in [0.1, 0.15) is 27.7 Å². The molecular weight excluding hydrogens is 144 g/mol. The minimum absolute atomic E-state index is 0.0583. The third-order valence-electron chi connectivity index (χ3n) is 1.84. The molecule has 1 N–H and O–H groups in total. The summed E-state index contributed by atoms with van der Waals surface area (Å²) < 4.78 is 0. The van der Waals surface area contributed by atoms with E-state index in [1.54, 1.807) is 0 Å². The van der Waals surface area contributed by atoms with E-state index in [-0.39, 0.29) is 17.3 Å². The summed E-state index contributed by atoms with van der Waals surface area (Å²) >= 11 is 4.43. The second-order valence-corrected chi connectivity index (χ2v) is 4.39. The molecule has 0 aromatic rings. The molecule has 1 nitrogen and oxygen atoms in total. The first-order valence-corrected chi connectivity index (χ1v) is 4.22. The molecule has 2 heteroatoms. The molecule has 0 bridgehead atoms. The van der Waals surface area contributed by atoms with Crippen LogP contribution >= 0.6 is 12.6 Å². The lowest BCUT2D eigenvalue weighted by molar-refractivity contribution is 0.143. The summed E-state index contributed by atoms with van der Waals surface area (Å²) in [5.41, 5.74) is -0.0583. The Morgan fingerprint density at radius 1 is 1.40 bits per heavy atom. The molecule has 0 rings (SSSR count). The van der Waals surface area contributed by atoms with Crippen molar-refractivity contribution in [3.05, 3.63) is 0 Å². The van der Waals surface area contributed by atoms with Crippen molar-refractivity contribution in [1.29, 1.82) is 0 Å². The summed E-state index contributed by atoms with van der Waals surface area (Å²) in [6, 6.07) is 0. The number of hydrogen-bond donors (Lipinski definition) is 2. The lowest BCUT2D eigenvalue weighted by atomic mass is 9.84. The van der Waals surface area contributed by atoms with Crippen molar-refractivity contribution >= 4 is 12.6 Å². The van der Waals surface area contributed by atoms with E-state index in [1.807, 2.05) is 13.8 Å². The largest absolute Gasteiger partial charge is 0.396 e. The summed E-state index contributed by atoms with van der Waals surface area (Å²) in [7, 11) is 0. The van der Waals surface area contributed by atoms with Gasteiger partial charge in [0.1, 0.15) is 0 Å². The molecule has 0 amide bonds. The van der Waals surface area contributed by atoms with Crippen molar-refractivity contribution in [2.45, 2.75) is 32.9 Å². The van der Waals surface area contributed by atoms with Gasteiger partial charge in [-0.05, 0) is 11.3 Å². The van der Waals surface area contributed by atoms with Gasteiger partial charge in [-0.2, -0.15) is 12.6 Å². The zero-order chi connectivity index (χ0) is 8.36. The molecule has 1 atom stereocenters. The lowest BCUT2D eigenvalue weighted by Gasteiger charge is -2.31. The Morgan fingerprint density at radius 3 is 1.90 bits per heavy atom. The van der Waals surface area contributed by atoms with Crippen molar-refractivity contribution in [2.24, 2.45) is 11.3 Å². The van der Waals surface area contributed by atoms with Gasteiger partial charge in [0, 0.05) is 11.9 Å². The molecule has 0 aromatic carbocycles. The monoisotopic (exact) mass is 162 g/mol. The molecular formula is C8H18OS. The molecule has 0 aromatic heterocycles. The Kier molecular flexibility index (Phi) is 3.74. The SMILES string of the molecule is CC(C)C(S)C(C)(C)CO. The van der Waals surface area contributed by atoms with Crippen LogP contribution in [0.5, 0.6) is 0 Å². The average Bonchev–Trinajstić information content (AvgIpc) is 1.86. The van der Waals surface area contributed by atoms with Crippen LogP contribution in [0.4, 0.5) is 0 Å². The van der Waals surface area contributed by atoms with Gasteiger partial charge in [-0.25, -0.2) is 0 Å². The minimum Gasteiger partial charge on any atom is -0.396 e. The van der Waals surface area contributed by atoms with Crippen LogP contribution in [-0.4, -0.2) is 17.0 Å². The zero-order valence-electron chi connectivity index (χ0n) is 7.26. The van der Waals surface area contributed by atoms with Gasteiger partial charge in [0.15, 0.2) is 0 Å². The van der Waals surface area contributed by atoms with E-state index in [0.29, 0.717) is 5.92 Å². The van der Waals surface area contributed by atoms with E-state index in [9.17, 15) is 0 Å². The Bertz CT molecular complexity index is 99.4. The molecule has 0 aliphatic carbocycles. The van der Waals surface area contributed by atoms with Crippen molar-refractivity contribution < 1.29 is 5.11 Å².